The summed E-state index contributed by atoms with van der Waals surface area (Å²) in [4.78, 5) is 51.9. The number of aliphatic hydroxyl groups is 1. The number of carbonyl (C=O) groups excluding carboxylic acids is 4. The van der Waals surface area contributed by atoms with Gasteiger partial charge in [0, 0.05) is 26.2 Å². The quantitative estimate of drug-likeness (QED) is 0.553. The summed E-state index contributed by atoms with van der Waals surface area (Å²) in [7, 11) is 0. The van der Waals surface area contributed by atoms with Gasteiger partial charge in [0.2, 0.25) is 17.7 Å². The van der Waals surface area contributed by atoms with E-state index in [0.717, 1.165) is 0 Å². The van der Waals surface area contributed by atoms with Gasteiger partial charge in [0.15, 0.2) is 0 Å². The topological polar surface area (TPSA) is 142 Å². The van der Waals surface area contributed by atoms with E-state index in [1.165, 1.54) is 11.8 Å². The van der Waals surface area contributed by atoms with Crippen molar-refractivity contribution < 1.29 is 29.0 Å². The van der Waals surface area contributed by atoms with Crippen molar-refractivity contribution in [3.63, 3.8) is 0 Å². The Hall–Kier alpha value is -2.36. The highest BCUT2D eigenvalue weighted by Crippen LogP contribution is 2.25. The van der Waals surface area contributed by atoms with E-state index < -0.39 is 41.6 Å². The standard InChI is InChI=1S/C19H32N4O6/c1-11(24)14(15(20)25)21-16(26)12-5-7-22(9-12)17(27)13-6-8-23(10-13)18(28)29-19(2,3)4/h11-14,24H,5-10H2,1-4H3,(H2,20,25)(H,21,26)/t11-,12-,13-,14+/m1/s1. The molecule has 0 radical (unpaired) electrons. The monoisotopic (exact) mass is 412 g/mol. The Bertz CT molecular complexity index is 660. The zero-order chi connectivity index (χ0) is 21.9. The first-order chi connectivity index (χ1) is 13.4. The van der Waals surface area contributed by atoms with Crippen LogP contribution in [-0.4, -0.2) is 82.6 Å². The fraction of sp³-hybridized carbons (Fsp3) is 0.789. The Balaban J connectivity index is 1.87. The number of hydrogen-bond donors (Lipinski definition) is 3. The van der Waals surface area contributed by atoms with Gasteiger partial charge in [0.1, 0.15) is 11.6 Å². The highest BCUT2D eigenvalue weighted by Gasteiger charge is 2.39. The number of nitrogens with two attached hydrogens (primary N) is 1. The largest absolute Gasteiger partial charge is 0.444 e. The summed E-state index contributed by atoms with van der Waals surface area (Å²) in [6, 6.07) is -1.16. The maximum Gasteiger partial charge on any atom is 0.410 e. The van der Waals surface area contributed by atoms with Gasteiger partial charge in [-0.1, -0.05) is 0 Å². The van der Waals surface area contributed by atoms with Gasteiger partial charge in [0.25, 0.3) is 0 Å². The minimum atomic E-state index is -1.16. The average Bonchev–Trinajstić information content (AvgIpc) is 3.26. The van der Waals surface area contributed by atoms with Crippen LogP contribution in [0.2, 0.25) is 0 Å². The number of aliphatic hydroxyl groups excluding tert-OH is 1. The Morgan fingerprint density at radius 3 is 2.17 bits per heavy atom. The fourth-order valence-corrected chi connectivity index (χ4v) is 3.59. The molecule has 4 amide bonds. The van der Waals surface area contributed by atoms with Crippen molar-refractivity contribution in [2.24, 2.45) is 17.6 Å². The molecule has 2 aliphatic heterocycles. The van der Waals surface area contributed by atoms with Crippen LogP contribution in [0.15, 0.2) is 0 Å². The third-order valence-corrected chi connectivity index (χ3v) is 5.15. The minimum Gasteiger partial charge on any atom is -0.444 e. The molecule has 2 rings (SSSR count). The van der Waals surface area contributed by atoms with E-state index in [9.17, 15) is 24.3 Å². The lowest BCUT2D eigenvalue weighted by Gasteiger charge is -2.25. The number of carbonyl (C=O) groups is 4. The predicted octanol–water partition coefficient (Wildman–Crippen LogP) is -0.557. The zero-order valence-electron chi connectivity index (χ0n) is 17.5. The molecule has 0 bridgehead atoms. The van der Waals surface area contributed by atoms with Crippen LogP contribution in [0.3, 0.4) is 0 Å². The molecule has 0 saturated carbocycles. The summed E-state index contributed by atoms with van der Waals surface area (Å²) in [5, 5.41) is 12.0. The van der Waals surface area contributed by atoms with Crippen LogP contribution in [0, 0.1) is 11.8 Å². The van der Waals surface area contributed by atoms with Crippen molar-refractivity contribution in [1.29, 1.82) is 0 Å². The second-order valence-corrected chi connectivity index (χ2v) is 8.81. The van der Waals surface area contributed by atoms with E-state index >= 15 is 0 Å². The van der Waals surface area contributed by atoms with Crippen LogP contribution >= 0.6 is 0 Å². The van der Waals surface area contributed by atoms with Crippen LogP contribution in [0.5, 0.6) is 0 Å². The summed E-state index contributed by atoms with van der Waals surface area (Å²) in [6.07, 6.45) is -0.516. The van der Waals surface area contributed by atoms with Crippen molar-refractivity contribution in [3.05, 3.63) is 0 Å². The molecule has 0 aromatic heterocycles. The number of hydrogen-bond acceptors (Lipinski definition) is 6. The lowest BCUT2D eigenvalue weighted by molar-refractivity contribution is -0.135. The van der Waals surface area contributed by atoms with Gasteiger partial charge in [0.05, 0.1) is 17.9 Å². The van der Waals surface area contributed by atoms with E-state index in [1.54, 1.807) is 25.7 Å². The first-order valence-electron chi connectivity index (χ1n) is 9.93. The van der Waals surface area contributed by atoms with Crippen LogP contribution in [0.25, 0.3) is 0 Å². The Kier molecular flexibility index (Phi) is 7.10. The molecule has 0 unspecified atom stereocenters. The van der Waals surface area contributed by atoms with Crippen LogP contribution in [-0.2, 0) is 19.1 Å². The lowest BCUT2D eigenvalue weighted by atomic mass is 10.1. The lowest BCUT2D eigenvalue weighted by Crippen LogP contribution is -2.52. The van der Waals surface area contributed by atoms with Crippen molar-refractivity contribution in [1.82, 2.24) is 15.1 Å². The predicted molar refractivity (Wildman–Crippen MR) is 103 cm³/mol. The van der Waals surface area contributed by atoms with Crippen LogP contribution in [0.4, 0.5) is 4.79 Å². The van der Waals surface area contributed by atoms with Crippen molar-refractivity contribution in [2.45, 2.75) is 58.3 Å². The molecule has 29 heavy (non-hydrogen) atoms. The molecule has 4 atom stereocenters. The summed E-state index contributed by atoms with van der Waals surface area (Å²) in [5.74, 6) is -2.10. The summed E-state index contributed by atoms with van der Waals surface area (Å²) < 4.78 is 5.35. The third-order valence-electron chi connectivity index (χ3n) is 5.15. The number of nitrogens with zero attached hydrogens (tertiary/aromatic N) is 2. The second kappa shape index (κ2) is 8.98. The van der Waals surface area contributed by atoms with E-state index in [0.29, 0.717) is 32.5 Å². The number of rotatable bonds is 5. The third kappa shape index (κ3) is 6.06. The SMILES string of the molecule is C[C@@H](O)[C@H](NC(=O)[C@@H]1CCN(C(=O)[C@@H]2CCN(C(=O)OC(C)(C)C)C2)C1)C(N)=O. The van der Waals surface area contributed by atoms with Gasteiger partial charge in [-0.3, -0.25) is 14.4 Å². The van der Waals surface area contributed by atoms with E-state index in [-0.39, 0.29) is 18.4 Å². The fourth-order valence-electron chi connectivity index (χ4n) is 3.59. The second-order valence-electron chi connectivity index (χ2n) is 8.81. The number of likely N-dealkylation sites (tertiary alicyclic amines) is 2. The number of amides is 4. The molecule has 4 N–H and O–H groups in total. The highest BCUT2D eigenvalue weighted by molar-refractivity contribution is 5.89. The smallest absolute Gasteiger partial charge is 0.410 e. The molecular weight excluding hydrogens is 380 g/mol. The molecule has 2 aliphatic rings. The zero-order valence-corrected chi connectivity index (χ0v) is 17.5. The number of ether oxygens (including phenoxy) is 1. The molecule has 0 aliphatic carbocycles. The van der Waals surface area contributed by atoms with Crippen molar-refractivity contribution >= 4 is 23.8 Å². The number of primary amides is 1. The van der Waals surface area contributed by atoms with Gasteiger partial charge in [-0.15, -0.1) is 0 Å². The van der Waals surface area contributed by atoms with E-state index in [2.05, 4.69) is 5.32 Å². The van der Waals surface area contributed by atoms with Crippen LogP contribution in [0.1, 0.15) is 40.5 Å². The number of nitrogens with one attached hydrogen (secondary N) is 1. The van der Waals surface area contributed by atoms with Gasteiger partial charge in [-0.05, 0) is 40.5 Å². The molecular formula is C19H32N4O6. The molecule has 0 spiro atoms. The molecule has 2 fully saturated rings. The first-order valence-corrected chi connectivity index (χ1v) is 9.93. The molecule has 164 valence electrons. The van der Waals surface area contributed by atoms with Gasteiger partial charge in [-0.2, -0.15) is 0 Å². The first kappa shape index (κ1) is 22.9. The molecule has 10 nitrogen and oxygen atoms in total. The molecule has 0 aromatic carbocycles. The molecule has 2 heterocycles. The maximum absolute atomic E-state index is 12.8. The summed E-state index contributed by atoms with van der Waals surface area (Å²) in [6.45, 7) is 8.16. The Labute approximate surface area is 170 Å². The Morgan fingerprint density at radius 2 is 1.62 bits per heavy atom. The minimum absolute atomic E-state index is 0.0895. The highest BCUT2D eigenvalue weighted by atomic mass is 16.6. The normalized spacial score (nSPS) is 24.2. The average molecular weight is 412 g/mol. The van der Waals surface area contributed by atoms with E-state index in [4.69, 9.17) is 10.5 Å². The Morgan fingerprint density at radius 1 is 1.07 bits per heavy atom. The maximum atomic E-state index is 12.8. The van der Waals surface area contributed by atoms with Gasteiger partial charge >= 0.3 is 6.09 Å². The molecule has 0 aromatic rings. The summed E-state index contributed by atoms with van der Waals surface area (Å²) in [5.41, 5.74) is 4.60. The van der Waals surface area contributed by atoms with Gasteiger partial charge in [-0.25, -0.2) is 4.79 Å². The van der Waals surface area contributed by atoms with Crippen molar-refractivity contribution in [2.75, 3.05) is 26.2 Å². The molecule has 10 heteroatoms. The van der Waals surface area contributed by atoms with Gasteiger partial charge < -0.3 is 30.7 Å². The van der Waals surface area contributed by atoms with Crippen LogP contribution < -0.4 is 11.1 Å². The van der Waals surface area contributed by atoms with Crippen molar-refractivity contribution in [3.8, 4) is 0 Å². The molecule has 2 saturated heterocycles. The summed E-state index contributed by atoms with van der Waals surface area (Å²) >= 11 is 0. The van der Waals surface area contributed by atoms with E-state index in [1.807, 2.05) is 0 Å².